The number of nitrogens with zero attached hydrogens (tertiary/aromatic N) is 2. The molecular formula is C4H9N3S. The monoisotopic (exact) mass is 131 g/mol. The first kappa shape index (κ1) is 5.91. The van der Waals surface area contributed by atoms with Crippen molar-refractivity contribution in [2.45, 2.75) is 19.9 Å². The van der Waals surface area contributed by atoms with Crippen molar-refractivity contribution >= 4 is 18.5 Å². The van der Waals surface area contributed by atoms with Gasteiger partial charge in [0.05, 0.1) is 11.8 Å². The summed E-state index contributed by atoms with van der Waals surface area (Å²) in [6, 6.07) is 0.318. The zero-order valence-corrected chi connectivity index (χ0v) is 5.81. The summed E-state index contributed by atoms with van der Waals surface area (Å²) in [6.07, 6.45) is 0. The van der Waals surface area contributed by atoms with Crippen LogP contribution in [0.3, 0.4) is 0 Å². The van der Waals surface area contributed by atoms with Gasteiger partial charge in [0.15, 0.2) is 0 Å². The summed E-state index contributed by atoms with van der Waals surface area (Å²) in [5, 5.41) is 3.91. The molecule has 0 saturated heterocycles. The van der Waals surface area contributed by atoms with E-state index in [9.17, 15) is 0 Å². The Morgan fingerprint density at radius 1 is 1.88 bits per heavy atom. The first-order valence-electron chi connectivity index (χ1n) is 2.50. The van der Waals surface area contributed by atoms with Gasteiger partial charge in [-0.05, 0) is 13.8 Å². The number of rotatable bonds is 0. The molecule has 1 unspecified atom stereocenters. The van der Waals surface area contributed by atoms with E-state index in [-0.39, 0.29) is 0 Å². The number of nitrogens with one attached hydrogen (secondary N) is 1. The van der Waals surface area contributed by atoms with Crippen molar-refractivity contribution in [2.24, 2.45) is 5.10 Å². The molecule has 1 aliphatic rings. The van der Waals surface area contributed by atoms with Crippen molar-refractivity contribution < 1.29 is 0 Å². The van der Waals surface area contributed by atoms with Gasteiger partial charge in [0, 0.05) is 0 Å². The smallest absolute Gasteiger partial charge is 0.0787 e. The first-order chi connectivity index (χ1) is 3.72. The van der Waals surface area contributed by atoms with Crippen LogP contribution in [0.5, 0.6) is 0 Å². The van der Waals surface area contributed by atoms with Crippen molar-refractivity contribution in [3.05, 3.63) is 0 Å². The van der Waals surface area contributed by atoms with Crippen LogP contribution in [0.25, 0.3) is 0 Å². The standard InChI is InChI=1S/C4H9N3S/c1-3-4(2)7(8)6-5-3/h4,6,8H,1-2H3. The minimum atomic E-state index is 0.318. The molecule has 1 aliphatic heterocycles. The Bertz CT molecular complexity index is 122. The van der Waals surface area contributed by atoms with E-state index in [1.807, 2.05) is 13.8 Å². The van der Waals surface area contributed by atoms with Gasteiger partial charge in [0.2, 0.25) is 0 Å². The van der Waals surface area contributed by atoms with Gasteiger partial charge in [-0.15, -0.1) is 4.41 Å². The van der Waals surface area contributed by atoms with E-state index >= 15 is 0 Å². The molecule has 0 fully saturated rings. The highest BCUT2D eigenvalue weighted by Gasteiger charge is 2.17. The third-order valence-corrected chi connectivity index (χ3v) is 1.74. The lowest BCUT2D eigenvalue weighted by molar-refractivity contribution is 0.381. The Balaban J connectivity index is 2.59. The van der Waals surface area contributed by atoms with Crippen LogP contribution in [-0.4, -0.2) is 16.2 Å². The maximum absolute atomic E-state index is 4.05. The van der Waals surface area contributed by atoms with Crippen LogP contribution < -0.4 is 5.53 Å². The molecule has 46 valence electrons. The molecule has 0 saturated carbocycles. The zero-order chi connectivity index (χ0) is 6.15. The molecule has 1 rings (SSSR count). The topological polar surface area (TPSA) is 27.6 Å². The number of hydrazone groups is 1. The SMILES string of the molecule is CC1=NNN(S)C1C. The van der Waals surface area contributed by atoms with Crippen LogP contribution in [0, 0.1) is 0 Å². The lowest BCUT2D eigenvalue weighted by Gasteiger charge is -2.10. The maximum atomic E-state index is 4.05. The van der Waals surface area contributed by atoms with E-state index in [1.165, 1.54) is 0 Å². The molecule has 8 heavy (non-hydrogen) atoms. The van der Waals surface area contributed by atoms with E-state index in [1.54, 1.807) is 4.41 Å². The first-order valence-corrected chi connectivity index (χ1v) is 2.90. The molecule has 3 nitrogen and oxygen atoms in total. The lowest BCUT2D eigenvalue weighted by atomic mass is 10.2. The maximum Gasteiger partial charge on any atom is 0.0787 e. The predicted octanol–water partition coefficient (Wildman–Crippen LogP) is 0.416. The van der Waals surface area contributed by atoms with Crippen LogP contribution in [0.1, 0.15) is 13.8 Å². The molecule has 0 aromatic carbocycles. The molecule has 0 radical (unpaired) electrons. The van der Waals surface area contributed by atoms with Crippen LogP contribution in [0.2, 0.25) is 0 Å². The average Bonchev–Trinajstić information content (AvgIpc) is 1.98. The minimum Gasteiger partial charge on any atom is -0.230 e. The van der Waals surface area contributed by atoms with Gasteiger partial charge < -0.3 is 0 Å². The van der Waals surface area contributed by atoms with E-state index in [0.717, 1.165) is 5.71 Å². The van der Waals surface area contributed by atoms with E-state index in [4.69, 9.17) is 0 Å². The summed E-state index contributed by atoms with van der Waals surface area (Å²) in [7, 11) is 0. The van der Waals surface area contributed by atoms with Gasteiger partial charge in [-0.25, -0.2) is 5.53 Å². The average molecular weight is 131 g/mol. The van der Waals surface area contributed by atoms with Crippen LogP contribution in [0.15, 0.2) is 5.10 Å². The summed E-state index contributed by atoms with van der Waals surface area (Å²) in [4.78, 5) is 0. The Morgan fingerprint density at radius 3 is 2.62 bits per heavy atom. The summed E-state index contributed by atoms with van der Waals surface area (Å²) in [5.74, 6) is 0. The van der Waals surface area contributed by atoms with Crippen LogP contribution in [-0.2, 0) is 0 Å². The fourth-order valence-electron chi connectivity index (χ4n) is 0.487. The van der Waals surface area contributed by atoms with Gasteiger partial charge in [0.25, 0.3) is 0 Å². The van der Waals surface area contributed by atoms with Crippen LogP contribution in [0.4, 0.5) is 0 Å². The number of hydrogen-bond acceptors (Lipinski definition) is 4. The van der Waals surface area contributed by atoms with Crippen molar-refractivity contribution in [1.82, 2.24) is 9.95 Å². The summed E-state index contributed by atoms with van der Waals surface area (Å²) in [5.41, 5.74) is 3.77. The van der Waals surface area contributed by atoms with Gasteiger partial charge >= 0.3 is 0 Å². The molecular weight excluding hydrogens is 122 g/mol. The molecule has 1 atom stereocenters. The van der Waals surface area contributed by atoms with E-state index in [2.05, 4.69) is 23.5 Å². The van der Waals surface area contributed by atoms with Gasteiger partial charge in [-0.1, -0.05) is 12.8 Å². The minimum absolute atomic E-state index is 0.318. The number of thiol groups is 1. The second kappa shape index (κ2) is 1.95. The molecule has 1 heterocycles. The summed E-state index contributed by atoms with van der Waals surface area (Å²) < 4.78 is 1.66. The second-order valence-electron chi connectivity index (χ2n) is 1.87. The quantitative estimate of drug-likeness (QED) is 0.466. The Hall–Kier alpha value is -0.220. The third kappa shape index (κ3) is 0.809. The predicted molar refractivity (Wildman–Crippen MR) is 36.5 cm³/mol. The van der Waals surface area contributed by atoms with Gasteiger partial charge in [0.1, 0.15) is 0 Å². The molecule has 1 N–H and O–H groups in total. The Kier molecular flexibility index (Phi) is 1.44. The Morgan fingerprint density at radius 2 is 2.50 bits per heavy atom. The normalized spacial score (nSPS) is 29.9. The Labute approximate surface area is 54.3 Å². The van der Waals surface area contributed by atoms with Gasteiger partial charge in [-0.2, -0.15) is 5.10 Å². The van der Waals surface area contributed by atoms with Crippen molar-refractivity contribution in [3.8, 4) is 0 Å². The van der Waals surface area contributed by atoms with E-state index < -0.39 is 0 Å². The van der Waals surface area contributed by atoms with Gasteiger partial charge in [-0.3, -0.25) is 0 Å². The highest BCUT2D eigenvalue weighted by molar-refractivity contribution is 7.77. The number of hydrazine groups is 1. The highest BCUT2D eigenvalue weighted by atomic mass is 32.1. The zero-order valence-electron chi connectivity index (χ0n) is 4.92. The van der Waals surface area contributed by atoms with Crippen molar-refractivity contribution in [2.75, 3.05) is 0 Å². The largest absolute Gasteiger partial charge is 0.230 e. The molecule has 0 aromatic heterocycles. The highest BCUT2D eigenvalue weighted by Crippen LogP contribution is 2.05. The fourth-order valence-corrected chi connectivity index (χ4v) is 0.699. The number of hydrogen-bond donors (Lipinski definition) is 2. The van der Waals surface area contributed by atoms with E-state index in [0.29, 0.717) is 6.04 Å². The third-order valence-electron chi connectivity index (χ3n) is 1.30. The fraction of sp³-hybridized carbons (Fsp3) is 0.750. The van der Waals surface area contributed by atoms with Crippen molar-refractivity contribution in [1.29, 1.82) is 0 Å². The molecule has 0 aliphatic carbocycles. The molecule has 4 heteroatoms. The molecule has 0 aromatic rings. The molecule has 0 amide bonds. The summed E-state index contributed by atoms with van der Waals surface area (Å²) in [6.45, 7) is 4.00. The van der Waals surface area contributed by atoms with Crippen LogP contribution >= 0.6 is 12.8 Å². The second-order valence-corrected chi connectivity index (χ2v) is 2.30. The summed E-state index contributed by atoms with van der Waals surface area (Å²) >= 11 is 4.05. The lowest BCUT2D eigenvalue weighted by Crippen LogP contribution is -2.28. The molecule has 0 spiro atoms. The molecule has 0 bridgehead atoms. The van der Waals surface area contributed by atoms with Crippen molar-refractivity contribution in [3.63, 3.8) is 0 Å².